The minimum absolute atomic E-state index is 0.0427. The Bertz CT molecular complexity index is 577. The topological polar surface area (TPSA) is 66.0 Å². The van der Waals surface area contributed by atoms with Crippen LogP contribution < -0.4 is 10.6 Å². The molecule has 0 saturated carbocycles. The van der Waals surface area contributed by atoms with Crippen LogP contribution in [0.15, 0.2) is 33.7 Å². The van der Waals surface area contributed by atoms with Crippen LogP contribution >= 0.6 is 15.9 Å². The molecule has 25 heavy (non-hydrogen) atoms. The van der Waals surface area contributed by atoms with E-state index in [1.54, 1.807) is 14.2 Å². The number of carbonyl (C=O) groups is 1. The summed E-state index contributed by atoms with van der Waals surface area (Å²) in [6, 6.07) is 7.35. The molecule has 1 heterocycles. The minimum Gasteiger partial charge on any atom is -0.384 e. The standard InChI is InChI=1S/C18H27BrN4O2/c1-20-18(23-11-8-14(12-23)13-25-2)22-10-3-9-21-17(24)15-4-6-16(19)7-5-15/h4-7,14H,3,8-13H2,1-2H3,(H,20,22)(H,21,24). The zero-order chi connectivity index (χ0) is 18.1. The number of aliphatic imine (C=N–C) groups is 1. The molecule has 1 aliphatic heterocycles. The van der Waals surface area contributed by atoms with E-state index >= 15 is 0 Å². The molecule has 1 amide bonds. The number of nitrogens with one attached hydrogen (secondary N) is 2. The molecular weight excluding hydrogens is 384 g/mol. The molecule has 2 N–H and O–H groups in total. The number of hydrogen-bond acceptors (Lipinski definition) is 3. The first-order valence-electron chi connectivity index (χ1n) is 8.62. The molecule has 0 aromatic heterocycles. The number of benzene rings is 1. The molecule has 1 aliphatic rings. The van der Waals surface area contributed by atoms with Crippen LogP contribution in [0.5, 0.6) is 0 Å². The van der Waals surface area contributed by atoms with Crippen LogP contribution in [0.25, 0.3) is 0 Å². The normalized spacial score (nSPS) is 17.6. The Kier molecular flexibility index (Phi) is 8.21. The van der Waals surface area contributed by atoms with Crippen molar-refractivity contribution in [1.29, 1.82) is 0 Å². The van der Waals surface area contributed by atoms with E-state index in [4.69, 9.17) is 4.74 Å². The summed E-state index contributed by atoms with van der Waals surface area (Å²) in [6.07, 6.45) is 1.98. The molecule has 0 spiro atoms. The monoisotopic (exact) mass is 410 g/mol. The Morgan fingerprint density at radius 2 is 2.04 bits per heavy atom. The van der Waals surface area contributed by atoms with Gasteiger partial charge in [-0.2, -0.15) is 0 Å². The van der Waals surface area contributed by atoms with E-state index in [2.05, 4.69) is 36.5 Å². The first-order valence-corrected chi connectivity index (χ1v) is 9.41. The number of halogens is 1. The van der Waals surface area contributed by atoms with Crippen LogP contribution in [0.2, 0.25) is 0 Å². The lowest BCUT2D eigenvalue weighted by Gasteiger charge is -2.21. The fourth-order valence-corrected chi connectivity index (χ4v) is 3.19. The Morgan fingerprint density at radius 1 is 1.32 bits per heavy atom. The summed E-state index contributed by atoms with van der Waals surface area (Å²) in [5, 5.41) is 6.31. The van der Waals surface area contributed by atoms with Crippen molar-refractivity contribution in [1.82, 2.24) is 15.5 Å². The molecule has 1 aromatic rings. The zero-order valence-electron chi connectivity index (χ0n) is 14.9. The quantitative estimate of drug-likeness (QED) is 0.410. The number of rotatable bonds is 7. The number of methoxy groups -OCH3 is 1. The van der Waals surface area contributed by atoms with E-state index in [0.717, 1.165) is 49.5 Å². The van der Waals surface area contributed by atoms with Crippen molar-refractivity contribution in [3.8, 4) is 0 Å². The maximum Gasteiger partial charge on any atom is 0.251 e. The van der Waals surface area contributed by atoms with E-state index < -0.39 is 0 Å². The maximum atomic E-state index is 12.0. The highest BCUT2D eigenvalue weighted by Gasteiger charge is 2.24. The van der Waals surface area contributed by atoms with Crippen LogP contribution in [-0.4, -0.2) is 63.7 Å². The van der Waals surface area contributed by atoms with E-state index in [1.165, 1.54) is 0 Å². The molecule has 138 valence electrons. The predicted molar refractivity (Wildman–Crippen MR) is 104 cm³/mol. The number of hydrogen-bond donors (Lipinski definition) is 2. The minimum atomic E-state index is -0.0427. The van der Waals surface area contributed by atoms with Gasteiger partial charge in [0, 0.05) is 56.3 Å². The van der Waals surface area contributed by atoms with Gasteiger partial charge in [0.2, 0.25) is 0 Å². The van der Waals surface area contributed by atoms with E-state index in [-0.39, 0.29) is 5.91 Å². The summed E-state index contributed by atoms with van der Waals surface area (Å²) in [5.41, 5.74) is 0.674. The van der Waals surface area contributed by atoms with Gasteiger partial charge in [0.15, 0.2) is 5.96 Å². The van der Waals surface area contributed by atoms with Crippen LogP contribution in [-0.2, 0) is 4.74 Å². The molecule has 1 aromatic carbocycles. The zero-order valence-corrected chi connectivity index (χ0v) is 16.5. The molecule has 0 aliphatic carbocycles. The van der Waals surface area contributed by atoms with Gasteiger partial charge in [0.25, 0.3) is 5.91 Å². The average molecular weight is 411 g/mol. The molecule has 2 rings (SSSR count). The van der Waals surface area contributed by atoms with Gasteiger partial charge >= 0.3 is 0 Å². The van der Waals surface area contributed by atoms with Crippen molar-refractivity contribution in [3.05, 3.63) is 34.3 Å². The Balaban J connectivity index is 1.64. The summed E-state index contributed by atoms with van der Waals surface area (Å²) in [6.45, 7) is 4.20. The number of ether oxygens (including phenoxy) is 1. The summed E-state index contributed by atoms with van der Waals surface area (Å²) in [5.74, 6) is 1.46. The SMILES string of the molecule is CN=C(NCCCNC(=O)c1ccc(Br)cc1)N1CCC(COC)C1. The maximum absolute atomic E-state index is 12.0. The number of carbonyl (C=O) groups excluding carboxylic acids is 1. The number of amides is 1. The second-order valence-electron chi connectivity index (χ2n) is 6.15. The molecular formula is C18H27BrN4O2. The molecule has 1 atom stereocenters. The average Bonchev–Trinajstić information content (AvgIpc) is 3.07. The van der Waals surface area contributed by atoms with E-state index in [1.807, 2.05) is 24.3 Å². The number of likely N-dealkylation sites (tertiary alicyclic amines) is 1. The van der Waals surface area contributed by atoms with Crippen LogP contribution in [0.1, 0.15) is 23.2 Å². The second kappa shape index (κ2) is 10.4. The van der Waals surface area contributed by atoms with E-state index in [9.17, 15) is 4.79 Å². The highest BCUT2D eigenvalue weighted by Crippen LogP contribution is 2.16. The first-order chi connectivity index (χ1) is 12.1. The first kappa shape index (κ1) is 19.7. The highest BCUT2D eigenvalue weighted by molar-refractivity contribution is 9.10. The molecule has 6 nitrogen and oxygen atoms in total. The smallest absolute Gasteiger partial charge is 0.251 e. The van der Waals surface area contributed by atoms with Crippen LogP contribution in [0.3, 0.4) is 0 Å². The van der Waals surface area contributed by atoms with Gasteiger partial charge in [-0.15, -0.1) is 0 Å². The van der Waals surface area contributed by atoms with Gasteiger partial charge in [0.05, 0.1) is 6.61 Å². The summed E-state index contributed by atoms with van der Waals surface area (Å²) in [7, 11) is 3.56. The largest absolute Gasteiger partial charge is 0.384 e. The fourth-order valence-electron chi connectivity index (χ4n) is 2.92. The predicted octanol–water partition coefficient (Wildman–Crippen LogP) is 2.11. The third-order valence-electron chi connectivity index (χ3n) is 4.23. The van der Waals surface area contributed by atoms with Gasteiger partial charge in [0.1, 0.15) is 0 Å². The van der Waals surface area contributed by atoms with Crippen molar-refractivity contribution < 1.29 is 9.53 Å². The van der Waals surface area contributed by atoms with E-state index in [0.29, 0.717) is 18.0 Å². The lowest BCUT2D eigenvalue weighted by atomic mass is 10.1. The third-order valence-corrected chi connectivity index (χ3v) is 4.76. The molecule has 7 heteroatoms. The van der Waals surface area contributed by atoms with Crippen molar-refractivity contribution in [3.63, 3.8) is 0 Å². The fraction of sp³-hybridized carbons (Fsp3) is 0.556. The third kappa shape index (κ3) is 6.32. The lowest BCUT2D eigenvalue weighted by Crippen LogP contribution is -2.41. The Labute approximate surface area is 158 Å². The van der Waals surface area contributed by atoms with Gasteiger partial charge in [-0.25, -0.2) is 0 Å². The number of guanidine groups is 1. The molecule has 0 bridgehead atoms. The lowest BCUT2D eigenvalue weighted by molar-refractivity contribution is 0.0953. The van der Waals surface area contributed by atoms with Gasteiger partial charge in [-0.05, 0) is 37.1 Å². The summed E-state index contributed by atoms with van der Waals surface area (Å²) < 4.78 is 6.20. The second-order valence-corrected chi connectivity index (χ2v) is 7.06. The van der Waals surface area contributed by atoms with Crippen molar-refractivity contribution in [2.75, 3.05) is 46.9 Å². The highest BCUT2D eigenvalue weighted by atomic mass is 79.9. The van der Waals surface area contributed by atoms with Crippen molar-refractivity contribution in [2.45, 2.75) is 12.8 Å². The molecule has 1 unspecified atom stereocenters. The van der Waals surface area contributed by atoms with Gasteiger partial charge in [-0.1, -0.05) is 15.9 Å². The van der Waals surface area contributed by atoms with Crippen LogP contribution in [0, 0.1) is 5.92 Å². The van der Waals surface area contributed by atoms with Crippen molar-refractivity contribution in [2.24, 2.45) is 10.9 Å². The Morgan fingerprint density at radius 3 is 2.72 bits per heavy atom. The summed E-state index contributed by atoms with van der Waals surface area (Å²) in [4.78, 5) is 18.6. The van der Waals surface area contributed by atoms with Crippen molar-refractivity contribution >= 4 is 27.8 Å². The summed E-state index contributed by atoms with van der Waals surface area (Å²) >= 11 is 3.37. The Hall–Kier alpha value is -1.60. The molecule has 1 saturated heterocycles. The molecule has 0 radical (unpaired) electrons. The van der Waals surface area contributed by atoms with Gasteiger partial charge in [-0.3, -0.25) is 9.79 Å². The number of nitrogens with zero attached hydrogens (tertiary/aromatic N) is 2. The molecule has 1 fully saturated rings. The van der Waals surface area contributed by atoms with Crippen LogP contribution in [0.4, 0.5) is 0 Å². The van der Waals surface area contributed by atoms with Gasteiger partial charge < -0.3 is 20.3 Å².